The second-order valence-corrected chi connectivity index (χ2v) is 15.6. The molecule has 4 nitrogen and oxygen atoms in total. The van der Waals surface area contributed by atoms with Gasteiger partial charge in [-0.1, -0.05) is 212 Å². The number of fused-ring (bicyclic) bond motifs is 3. The number of dihydropyridines is 1. The SMILES string of the molecule is C1=C(c2ccc(C3=C(c4ccccc4)C(c4ccccc4)NC(c4ccccc4)=C3c3ccccc3)cc2)NC(n2c3ccccc3c3ccccc32)N=C1c1ccccc1. The molecule has 0 spiro atoms. The number of hydrogen-bond donors (Lipinski definition) is 2. The average Bonchev–Trinajstić information content (AvgIpc) is 3.69. The molecule has 4 heteroatoms. The van der Waals surface area contributed by atoms with E-state index < -0.39 is 0 Å². The first-order chi connectivity index (χ1) is 30.3. The largest absolute Gasteiger partial charge is 0.373 e. The van der Waals surface area contributed by atoms with Gasteiger partial charge in [0.15, 0.2) is 0 Å². The monoisotopic (exact) mass is 782 g/mol. The van der Waals surface area contributed by atoms with E-state index in [0.29, 0.717) is 0 Å². The van der Waals surface area contributed by atoms with E-state index in [1.165, 1.54) is 38.6 Å². The van der Waals surface area contributed by atoms with Crippen molar-refractivity contribution in [3.63, 3.8) is 0 Å². The maximum atomic E-state index is 5.39. The first-order valence-electron chi connectivity index (χ1n) is 20.9. The van der Waals surface area contributed by atoms with Crippen molar-refractivity contribution in [3.05, 3.63) is 269 Å². The maximum absolute atomic E-state index is 5.39. The number of aromatic nitrogens is 1. The number of aliphatic imine (C=N–C) groups is 1. The molecule has 9 aromatic rings. The van der Waals surface area contributed by atoms with Gasteiger partial charge < -0.3 is 15.2 Å². The molecule has 8 aromatic carbocycles. The summed E-state index contributed by atoms with van der Waals surface area (Å²) in [6.07, 6.45) is 1.83. The summed E-state index contributed by atoms with van der Waals surface area (Å²) < 4.78 is 2.34. The van der Waals surface area contributed by atoms with Gasteiger partial charge in [-0.25, -0.2) is 4.99 Å². The molecule has 1 aromatic heterocycles. The van der Waals surface area contributed by atoms with Gasteiger partial charge in [0.2, 0.25) is 6.29 Å². The molecule has 3 heterocycles. The summed E-state index contributed by atoms with van der Waals surface area (Å²) in [5.74, 6) is 0. The van der Waals surface area contributed by atoms with Crippen molar-refractivity contribution in [1.29, 1.82) is 0 Å². The van der Waals surface area contributed by atoms with Crippen LogP contribution in [0.5, 0.6) is 0 Å². The third-order valence-corrected chi connectivity index (χ3v) is 11.9. The number of benzene rings is 8. The van der Waals surface area contributed by atoms with E-state index in [4.69, 9.17) is 4.99 Å². The fourth-order valence-corrected chi connectivity index (χ4v) is 9.15. The predicted octanol–water partition coefficient (Wildman–Crippen LogP) is 13.2. The van der Waals surface area contributed by atoms with E-state index in [1.807, 2.05) is 0 Å². The lowest BCUT2D eigenvalue weighted by Crippen LogP contribution is -2.29. The molecule has 2 unspecified atom stereocenters. The molecule has 2 aliphatic heterocycles. The number of allylic oxidation sites excluding steroid dienone is 3. The van der Waals surface area contributed by atoms with Crippen molar-refractivity contribution in [2.45, 2.75) is 12.3 Å². The van der Waals surface area contributed by atoms with Crippen LogP contribution >= 0.6 is 0 Å². The van der Waals surface area contributed by atoms with E-state index >= 15 is 0 Å². The van der Waals surface area contributed by atoms with Gasteiger partial charge in [-0.2, -0.15) is 0 Å². The number of hydrogen-bond acceptors (Lipinski definition) is 3. The van der Waals surface area contributed by atoms with Crippen LogP contribution in [-0.2, 0) is 0 Å². The molecule has 0 amide bonds. The molecular weight excluding hydrogens is 741 g/mol. The Morgan fingerprint density at radius 1 is 0.377 bits per heavy atom. The van der Waals surface area contributed by atoms with Crippen LogP contribution in [0.1, 0.15) is 51.3 Å². The van der Waals surface area contributed by atoms with Gasteiger partial charge >= 0.3 is 0 Å². The Morgan fingerprint density at radius 3 is 1.43 bits per heavy atom. The Morgan fingerprint density at radius 2 is 0.836 bits per heavy atom. The summed E-state index contributed by atoms with van der Waals surface area (Å²) in [5, 5.41) is 10.4. The lowest BCUT2D eigenvalue weighted by molar-refractivity contribution is 0.508. The maximum Gasteiger partial charge on any atom is 0.201 e. The van der Waals surface area contributed by atoms with E-state index in [2.05, 4.69) is 246 Å². The van der Waals surface area contributed by atoms with Crippen LogP contribution in [0.3, 0.4) is 0 Å². The first kappa shape index (κ1) is 36.2. The summed E-state index contributed by atoms with van der Waals surface area (Å²) >= 11 is 0. The molecule has 11 rings (SSSR count). The van der Waals surface area contributed by atoms with Crippen LogP contribution in [0.4, 0.5) is 0 Å². The van der Waals surface area contributed by atoms with E-state index in [1.54, 1.807) is 0 Å². The zero-order valence-electron chi connectivity index (χ0n) is 33.5. The summed E-state index contributed by atoms with van der Waals surface area (Å²) in [4.78, 5) is 5.39. The number of nitrogens with one attached hydrogen (secondary N) is 2. The standard InChI is InChI=1S/C57H42N4/c1-6-20-39(21-7-1)48-38-49(59-57(58-48)61-50-32-18-16-30-46(50)47-31-17-19-33-51(47)61)40-34-36-43(37-35-40)52-53(41-22-8-2-9-23-41)55(44-26-12-4-13-27-44)60-56(45-28-14-5-15-29-45)54(52)42-24-10-3-11-25-42/h1-38,55,57,59-60H. The Balaban J connectivity index is 1.10. The Hall–Kier alpha value is -7.95. The van der Waals surface area contributed by atoms with Crippen molar-refractivity contribution in [1.82, 2.24) is 15.2 Å². The summed E-state index contributed by atoms with van der Waals surface area (Å²) in [6, 6.07) is 80.1. The van der Waals surface area contributed by atoms with Gasteiger partial charge in [-0.05, 0) is 68.3 Å². The number of nitrogens with zero attached hydrogens (tertiary/aromatic N) is 2. The minimum atomic E-state index is -0.371. The zero-order valence-corrected chi connectivity index (χ0v) is 33.5. The van der Waals surface area contributed by atoms with Gasteiger partial charge in [0.25, 0.3) is 0 Å². The van der Waals surface area contributed by atoms with Gasteiger partial charge in [0, 0.05) is 22.0 Å². The van der Waals surface area contributed by atoms with Gasteiger partial charge in [0.05, 0.1) is 28.5 Å². The quantitative estimate of drug-likeness (QED) is 0.161. The molecule has 2 atom stereocenters. The number of para-hydroxylation sites is 2. The highest BCUT2D eigenvalue weighted by Crippen LogP contribution is 2.50. The average molecular weight is 783 g/mol. The molecule has 0 radical (unpaired) electrons. The molecule has 0 saturated heterocycles. The van der Waals surface area contributed by atoms with Crippen molar-refractivity contribution >= 4 is 55.6 Å². The minimum absolute atomic E-state index is 0.111. The van der Waals surface area contributed by atoms with Gasteiger partial charge in [-0.3, -0.25) is 0 Å². The van der Waals surface area contributed by atoms with Crippen molar-refractivity contribution in [2.75, 3.05) is 0 Å². The zero-order chi connectivity index (χ0) is 40.5. The van der Waals surface area contributed by atoms with Crippen molar-refractivity contribution in [3.8, 4) is 0 Å². The molecule has 2 N–H and O–H groups in total. The molecule has 0 fully saturated rings. The second kappa shape index (κ2) is 15.7. The summed E-state index contributed by atoms with van der Waals surface area (Å²) in [5.41, 5.74) is 16.9. The van der Waals surface area contributed by atoms with E-state index in [9.17, 15) is 0 Å². The second-order valence-electron chi connectivity index (χ2n) is 15.6. The normalized spacial score (nSPS) is 16.5. The highest BCUT2D eigenvalue weighted by atomic mass is 15.3. The van der Waals surface area contributed by atoms with Crippen molar-refractivity contribution in [2.24, 2.45) is 4.99 Å². The predicted molar refractivity (Wildman–Crippen MR) is 254 cm³/mol. The van der Waals surface area contributed by atoms with Crippen molar-refractivity contribution < 1.29 is 0 Å². The smallest absolute Gasteiger partial charge is 0.201 e. The Kier molecular flexibility index (Phi) is 9.29. The Bertz CT molecular complexity index is 3090. The third kappa shape index (κ3) is 6.65. The summed E-state index contributed by atoms with van der Waals surface area (Å²) in [6.45, 7) is 0. The first-order valence-corrected chi connectivity index (χ1v) is 20.9. The third-order valence-electron chi connectivity index (χ3n) is 11.9. The van der Waals surface area contributed by atoms with Crippen LogP contribution in [0, 0.1) is 0 Å². The summed E-state index contributed by atoms with van der Waals surface area (Å²) in [7, 11) is 0. The minimum Gasteiger partial charge on any atom is -0.373 e. The Labute approximate surface area is 356 Å². The molecule has 290 valence electrons. The fourth-order valence-electron chi connectivity index (χ4n) is 9.15. The van der Waals surface area contributed by atoms with Gasteiger partial charge in [0.1, 0.15) is 0 Å². The van der Waals surface area contributed by atoms with Crippen LogP contribution in [0.2, 0.25) is 0 Å². The lowest BCUT2D eigenvalue weighted by Gasteiger charge is -2.36. The van der Waals surface area contributed by atoms with Crippen LogP contribution < -0.4 is 10.6 Å². The molecule has 0 bridgehead atoms. The molecule has 61 heavy (non-hydrogen) atoms. The fraction of sp³-hybridized carbons (Fsp3) is 0.0351. The molecule has 2 aliphatic rings. The molecule has 0 aliphatic carbocycles. The van der Waals surface area contributed by atoms with E-state index in [0.717, 1.165) is 56.0 Å². The van der Waals surface area contributed by atoms with Crippen LogP contribution in [0.15, 0.2) is 236 Å². The highest BCUT2D eigenvalue weighted by molar-refractivity contribution is 6.24. The van der Waals surface area contributed by atoms with E-state index in [-0.39, 0.29) is 12.3 Å². The topological polar surface area (TPSA) is 41.3 Å². The highest BCUT2D eigenvalue weighted by Gasteiger charge is 2.33. The molecule has 0 saturated carbocycles. The van der Waals surface area contributed by atoms with Crippen LogP contribution in [0.25, 0.3) is 49.9 Å². The van der Waals surface area contributed by atoms with Gasteiger partial charge in [-0.15, -0.1) is 0 Å². The van der Waals surface area contributed by atoms with Crippen LogP contribution in [-0.4, -0.2) is 10.3 Å². The lowest BCUT2D eigenvalue weighted by atomic mass is 9.77. The number of rotatable bonds is 8. The molecular formula is C57H42N4.